The Morgan fingerprint density at radius 2 is 1.85 bits per heavy atom. The zero-order valence-corrected chi connectivity index (χ0v) is 22.3. The van der Waals surface area contributed by atoms with Crippen LogP contribution in [0.3, 0.4) is 0 Å². The number of hydrogen-bond acceptors (Lipinski definition) is 7. The normalized spacial score (nSPS) is 20.0. The lowest BCUT2D eigenvalue weighted by atomic mass is 9.95. The largest absolute Gasteiger partial charge is 0.451 e. The summed E-state index contributed by atoms with van der Waals surface area (Å²) in [5.74, 6) is -2.80. The third-order valence-corrected chi connectivity index (χ3v) is 7.88. The number of amides is 4. The SMILES string of the molecule is NC(=O)C(=O)CC[C@H](NC(=O)c1cc2ccccc2o1)C(=O)Nc1cccn(CC(=O)NC2CC3CCC2C3)c1=O. The fourth-order valence-corrected chi connectivity index (χ4v) is 5.80. The number of nitrogens with one attached hydrogen (secondary N) is 3. The number of aromatic nitrogens is 1. The number of carbonyl (C=O) groups is 5. The predicted molar refractivity (Wildman–Crippen MR) is 148 cm³/mol. The minimum absolute atomic E-state index is 0.0613. The molecule has 12 nitrogen and oxygen atoms in total. The molecule has 41 heavy (non-hydrogen) atoms. The summed E-state index contributed by atoms with van der Waals surface area (Å²) in [6.07, 6.45) is 5.18. The summed E-state index contributed by atoms with van der Waals surface area (Å²) in [4.78, 5) is 75.0. The molecular weight excluding hydrogens is 530 g/mol. The van der Waals surface area contributed by atoms with Crippen LogP contribution in [-0.2, 0) is 25.7 Å². The molecule has 0 aliphatic heterocycles. The van der Waals surface area contributed by atoms with E-state index in [4.69, 9.17) is 10.2 Å². The topological polar surface area (TPSA) is 183 Å². The van der Waals surface area contributed by atoms with Gasteiger partial charge in [0.1, 0.15) is 23.9 Å². The quantitative estimate of drug-likeness (QED) is 0.256. The van der Waals surface area contributed by atoms with Crippen LogP contribution in [0.1, 0.15) is 49.1 Å². The predicted octanol–water partition coefficient (Wildman–Crippen LogP) is 1.47. The van der Waals surface area contributed by atoms with Crippen molar-refractivity contribution in [2.24, 2.45) is 17.6 Å². The maximum atomic E-state index is 13.2. The van der Waals surface area contributed by atoms with E-state index in [1.165, 1.54) is 35.4 Å². The van der Waals surface area contributed by atoms with Gasteiger partial charge in [0.2, 0.25) is 17.6 Å². The van der Waals surface area contributed by atoms with E-state index in [0.717, 1.165) is 19.3 Å². The number of primary amides is 1. The summed E-state index contributed by atoms with van der Waals surface area (Å²) in [6, 6.07) is 10.2. The molecule has 0 spiro atoms. The van der Waals surface area contributed by atoms with E-state index in [9.17, 15) is 28.8 Å². The second kappa shape index (κ2) is 11.8. The highest BCUT2D eigenvalue weighted by Crippen LogP contribution is 2.44. The van der Waals surface area contributed by atoms with Crippen molar-refractivity contribution >= 4 is 46.1 Å². The number of rotatable bonds is 11. The van der Waals surface area contributed by atoms with E-state index >= 15 is 0 Å². The van der Waals surface area contributed by atoms with Gasteiger partial charge in [-0.1, -0.05) is 24.6 Å². The Kier molecular flexibility index (Phi) is 7.99. The second-order valence-electron chi connectivity index (χ2n) is 10.7. The summed E-state index contributed by atoms with van der Waals surface area (Å²) in [6.45, 7) is -0.213. The highest BCUT2D eigenvalue weighted by molar-refractivity contribution is 6.35. The standard InChI is InChI=1S/C29H31N5O7/c30-26(37)22(35)10-9-19(32-28(39)24-14-18-4-1-2-6-23(18)41-24)27(38)33-20-5-3-11-34(29(20)40)15-25(36)31-21-13-16-7-8-17(21)12-16/h1-6,11,14,16-17,19,21H,7-10,12-13,15H2,(H2,30,37)(H,31,36)(H,32,39)(H,33,38)/t16?,17?,19-,21?/m0/s1. The molecule has 4 atom stereocenters. The molecule has 1 aromatic carbocycles. The maximum absolute atomic E-state index is 13.2. The molecule has 12 heteroatoms. The monoisotopic (exact) mass is 561 g/mol. The average Bonchev–Trinajstić information content (AvgIpc) is 3.68. The molecule has 2 aromatic heterocycles. The zero-order chi connectivity index (χ0) is 29.1. The van der Waals surface area contributed by atoms with Crippen LogP contribution in [0.2, 0.25) is 0 Å². The Morgan fingerprint density at radius 1 is 1.05 bits per heavy atom. The first-order valence-electron chi connectivity index (χ1n) is 13.6. The van der Waals surface area contributed by atoms with Crippen LogP contribution < -0.4 is 27.2 Å². The van der Waals surface area contributed by atoms with Crippen molar-refractivity contribution in [3.8, 4) is 0 Å². The minimum Gasteiger partial charge on any atom is -0.451 e. The molecule has 3 aromatic rings. The van der Waals surface area contributed by atoms with Gasteiger partial charge in [-0.05, 0) is 61.8 Å². The van der Waals surface area contributed by atoms with Crippen LogP contribution in [0, 0.1) is 11.8 Å². The van der Waals surface area contributed by atoms with E-state index in [0.29, 0.717) is 22.8 Å². The van der Waals surface area contributed by atoms with Crippen molar-refractivity contribution in [1.82, 2.24) is 15.2 Å². The number of benzene rings is 1. The van der Waals surface area contributed by atoms with Gasteiger partial charge in [0.15, 0.2) is 5.76 Å². The molecule has 2 bridgehead atoms. The van der Waals surface area contributed by atoms with Crippen LogP contribution >= 0.6 is 0 Å². The molecule has 2 aliphatic rings. The maximum Gasteiger partial charge on any atom is 0.287 e. The fraction of sp³-hybridized carbons (Fsp3) is 0.379. The van der Waals surface area contributed by atoms with Crippen LogP contribution in [0.25, 0.3) is 11.0 Å². The highest BCUT2D eigenvalue weighted by atomic mass is 16.3. The number of nitrogens with zero attached hydrogens (tertiary/aromatic N) is 1. The lowest BCUT2D eigenvalue weighted by Gasteiger charge is -2.23. The minimum atomic E-state index is -1.31. The van der Waals surface area contributed by atoms with E-state index in [1.807, 2.05) is 0 Å². The molecule has 5 N–H and O–H groups in total. The number of nitrogens with two attached hydrogens (primary N) is 1. The van der Waals surface area contributed by atoms with Crippen molar-refractivity contribution in [3.05, 3.63) is 64.8 Å². The van der Waals surface area contributed by atoms with Gasteiger partial charge in [0.05, 0.1) is 0 Å². The first kappa shape index (κ1) is 27.8. The number of para-hydroxylation sites is 1. The fourth-order valence-electron chi connectivity index (χ4n) is 5.80. The van der Waals surface area contributed by atoms with Gasteiger partial charge in [-0.3, -0.25) is 28.8 Å². The number of carbonyl (C=O) groups excluding carboxylic acids is 5. The van der Waals surface area contributed by atoms with Gasteiger partial charge in [-0.25, -0.2) is 0 Å². The Hall–Kier alpha value is -4.74. The molecule has 0 saturated heterocycles. The third kappa shape index (κ3) is 6.37. The van der Waals surface area contributed by atoms with Gasteiger partial charge < -0.3 is 30.7 Å². The summed E-state index contributed by atoms with van der Waals surface area (Å²) >= 11 is 0. The van der Waals surface area contributed by atoms with Crippen LogP contribution in [0.4, 0.5) is 5.69 Å². The molecule has 4 amide bonds. The van der Waals surface area contributed by atoms with Crippen LogP contribution in [0.15, 0.2) is 57.9 Å². The van der Waals surface area contributed by atoms with E-state index < -0.39 is 41.5 Å². The summed E-state index contributed by atoms with van der Waals surface area (Å²) in [7, 11) is 0. The number of Topliss-reactive ketones (excluding diaryl/α,β-unsaturated/α-hetero) is 1. The second-order valence-corrected chi connectivity index (χ2v) is 10.7. The first-order valence-corrected chi connectivity index (χ1v) is 13.6. The zero-order valence-electron chi connectivity index (χ0n) is 22.3. The number of fused-ring (bicyclic) bond motifs is 3. The first-order chi connectivity index (χ1) is 19.7. The molecule has 2 heterocycles. The summed E-state index contributed by atoms with van der Waals surface area (Å²) in [5, 5.41) is 8.70. The third-order valence-electron chi connectivity index (χ3n) is 7.88. The average molecular weight is 562 g/mol. The lowest BCUT2D eigenvalue weighted by molar-refractivity contribution is -0.136. The van der Waals surface area contributed by atoms with Crippen molar-refractivity contribution < 1.29 is 28.4 Å². The molecule has 3 unspecified atom stereocenters. The Balaban J connectivity index is 1.27. The molecule has 214 valence electrons. The number of ketones is 1. The number of furan rings is 1. The van der Waals surface area contributed by atoms with Gasteiger partial charge >= 0.3 is 0 Å². The van der Waals surface area contributed by atoms with E-state index in [-0.39, 0.29) is 36.4 Å². The number of anilines is 1. The van der Waals surface area contributed by atoms with Crippen LogP contribution in [-0.4, -0.2) is 46.1 Å². The number of hydrogen-bond donors (Lipinski definition) is 4. The molecule has 5 rings (SSSR count). The Morgan fingerprint density at radius 3 is 2.56 bits per heavy atom. The van der Waals surface area contributed by atoms with Gasteiger partial charge in [0.25, 0.3) is 17.4 Å². The van der Waals surface area contributed by atoms with E-state index in [1.54, 1.807) is 24.3 Å². The van der Waals surface area contributed by atoms with Gasteiger partial charge in [0, 0.05) is 24.0 Å². The van der Waals surface area contributed by atoms with Crippen molar-refractivity contribution in [1.29, 1.82) is 0 Å². The smallest absolute Gasteiger partial charge is 0.287 e. The van der Waals surface area contributed by atoms with Crippen molar-refractivity contribution in [2.45, 2.75) is 57.2 Å². The molecular formula is C29H31N5O7. The highest BCUT2D eigenvalue weighted by Gasteiger charge is 2.40. The molecule has 0 radical (unpaired) electrons. The van der Waals surface area contributed by atoms with Gasteiger partial charge in [-0.15, -0.1) is 0 Å². The van der Waals surface area contributed by atoms with Crippen LogP contribution in [0.5, 0.6) is 0 Å². The van der Waals surface area contributed by atoms with Crippen molar-refractivity contribution in [2.75, 3.05) is 5.32 Å². The lowest BCUT2D eigenvalue weighted by Crippen LogP contribution is -2.45. The molecule has 2 saturated carbocycles. The number of pyridine rings is 1. The van der Waals surface area contributed by atoms with E-state index in [2.05, 4.69) is 16.0 Å². The van der Waals surface area contributed by atoms with Gasteiger partial charge in [-0.2, -0.15) is 0 Å². The molecule has 2 aliphatic carbocycles. The Bertz CT molecular complexity index is 1540. The summed E-state index contributed by atoms with van der Waals surface area (Å²) < 4.78 is 6.74. The Labute approximate surface area is 234 Å². The molecule has 2 fully saturated rings. The van der Waals surface area contributed by atoms with Crippen molar-refractivity contribution in [3.63, 3.8) is 0 Å². The summed E-state index contributed by atoms with van der Waals surface area (Å²) in [5.41, 5.74) is 4.78.